The predicted octanol–water partition coefficient (Wildman–Crippen LogP) is 2.17. The Kier molecular flexibility index (Phi) is 5.38. The zero-order valence-electron chi connectivity index (χ0n) is 13.9. The van der Waals surface area contributed by atoms with Gasteiger partial charge in [0.15, 0.2) is 0 Å². The van der Waals surface area contributed by atoms with E-state index in [-0.39, 0.29) is 5.75 Å². The van der Waals surface area contributed by atoms with E-state index in [1.54, 1.807) is 12.1 Å². The molecule has 0 spiro atoms. The van der Waals surface area contributed by atoms with E-state index < -0.39 is 0 Å². The number of aromatic hydroxyl groups is 1. The topological polar surface area (TPSA) is 40.3 Å². The van der Waals surface area contributed by atoms with Gasteiger partial charge >= 0.3 is 0 Å². The minimum atomic E-state index is 0.281. The molecule has 4 nitrogen and oxygen atoms in total. The number of rotatable bonds is 4. The predicted molar refractivity (Wildman–Crippen MR) is 97.7 cm³/mol. The Morgan fingerprint density at radius 3 is 2.46 bits per heavy atom. The normalized spacial score (nSPS) is 16.4. The highest BCUT2D eigenvalue weighted by molar-refractivity contribution is 6.31. The first-order chi connectivity index (χ1) is 11.6. The monoisotopic (exact) mass is 344 g/mol. The van der Waals surface area contributed by atoms with Gasteiger partial charge in [-0.3, -0.25) is 5.01 Å². The van der Waals surface area contributed by atoms with Crippen molar-refractivity contribution in [2.45, 2.75) is 13.5 Å². The first-order valence-corrected chi connectivity index (χ1v) is 8.66. The quantitative estimate of drug-likeness (QED) is 0.835. The van der Waals surface area contributed by atoms with Crippen LogP contribution in [0, 0.1) is 0 Å². The van der Waals surface area contributed by atoms with Crippen LogP contribution in [-0.4, -0.2) is 42.0 Å². The summed E-state index contributed by atoms with van der Waals surface area (Å²) in [6.07, 6.45) is 0. The highest BCUT2D eigenvalue weighted by Crippen LogP contribution is 2.14. The molecule has 0 bridgehead atoms. The summed E-state index contributed by atoms with van der Waals surface area (Å²) in [5.41, 5.74) is 3.23. The Hall–Kier alpha value is -2.04. The van der Waals surface area contributed by atoms with Gasteiger partial charge < -0.3 is 10.0 Å². The molecule has 0 aromatic heterocycles. The smallest absolute Gasteiger partial charge is 0.115 e. The van der Waals surface area contributed by atoms with Gasteiger partial charge in [-0.1, -0.05) is 29.8 Å². The minimum Gasteiger partial charge on any atom is -0.508 e. The summed E-state index contributed by atoms with van der Waals surface area (Å²) in [6.45, 7) is 6.96. The first kappa shape index (κ1) is 16.8. The standard InChI is InChI=1S/C19H22ClN3O/c1-15(16-6-8-18(24)9-7-16)21-23-12-10-22(11-13-23)14-17-4-2-3-5-19(17)20/h2-9,24H,10-14H2,1H3/p+1/b21-15+. The van der Waals surface area contributed by atoms with Crippen LogP contribution in [0.15, 0.2) is 53.6 Å². The van der Waals surface area contributed by atoms with Gasteiger partial charge in [0.25, 0.3) is 0 Å². The van der Waals surface area contributed by atoms with Crippen LogP contribution in [-0.2, 0) is 6.54 Å². The Morgan fingerprint density at radius 2 is 1.79 bits per heavy atom. The summed E-state index contributed by atoms with van der Waals surface area (Å²) in [5.74, 6) is 0.281. The molecule has 0 aliphatic carbocycles. The summed E-state index contributed by atoms with van der Waals surface area (Å²) in [4.78, 5) is 1.54. The maximum atomic E-state index is 9.37. The Morgan fingerprint density at radius 1 is 1.12 bits per heavy atom. The van der Waals surface area contributed by atoms with Crippen molar-refractivity contribution < 1.29 is 10.0 Å². The van der Waals surface area contributed by atoms with E-state index in [4.69, 9.17) is 16.7 Å². The van der Waals surface area contributed by atoms with Crippen LogP contribution in [0.4, 0.5) is 0 Å². The Labute approximate surface area is 148 Å². The van der Waals surface area contributed by atoms with Gasteiger partial charge in [0.05, 0.1) is 31.9 Å². The molecule has 0 amide bonds. The van der Waals surface area contributed by atoms with Crippen LogP contribution in [0.3, 0.4) is 0 Å². The molecule has 2 aromatic carbocycles. The number of piperazine rings is 1. The summed E-state index contributed by atoms with van der Waals surface area (Å²) in [6, 6.07) is 15.3. The van der Waals surface area contributed by atoms with Gasteiger partial charge in [-0.25, -0.2) is 0 Å². The third kappa shape index (κ3) is 4.28. The molecule has 1 saturated heterocycles. The van der Waals surface area contributed by atoms with E-state index in [2.05, 4.69) is 11.1 Å². The van der Waals surface area contributed by atoms with Crippen LogP contribution in [0.25, 0.3) is 0 Å². The first-order valence-electron chi connectivity index (χ1n) is 8.28. The molecule has 0 unspecified atom stereocenters. The fraction of sp³-hybridized carbons (Fsp3) is 0.316. The van der Waals surface area contributed by atoms with Crippen LogP contribution in [0.1, 0.15) is 18.1 Å². The number of phenolic OH excluding ortho intramolecular Hbond substituents is 1. The van der Waals surface area contributed by atoms with Gasteiger partial charge in [0.1, 0.15) is 12.3 Å². The van der Waals surface area contributed by atoms with E-state index in [0.29, 0.717) is 0 Å². The van der Waals surface area contributed by atoms with Crippen LogP contribution >= 0.6 is 11.6 Å². The van der Waals surface area contributed by atoms with Crippen molar-refractivity contribution in [1.82, 2.24) is 5.01 Å². The zero-order chi connectivity index (χ0) is 16.9. The largest absolute Gasteiger partial charge is 0.508 e. The minimum absolute atomic E-state index is 0.281. The van der Waals surface area contributed by atoms with Crippen LogP contribution in [0.2, 0.25) is 5.02 Å². The summed E-state index contributed by atoms with van der Waals surface area (Å²) < 4.78 is 0. The van der Waals surface area contributed by atoms with E-state index in [9.17, 15) is 5.11 Å². The second kappa shape index (κ2) is 7.69. The number of halogens is 1. The van der Waals surface area contributed by atoms with E-state index >= 15 is 0 Å². The number of hydrogen-bond acceptors (Lipinski definition) is 3. The van der Waals surface area contributed by atoms with Crippen molar-refractivity contribution in [3.63, 3.8) is 0 Å². The van der Waals surface area contributed by atoms with Crippen molar-refractivity contribution in [2.24, 2.45) is 5.10 Å². The molecular formula is C19H23ClN3O+. The molecule has 5 heteroatoms. The molecule has 2 N–H and O–H groups in total. The fourth-order valence-electron chi connectivity index (χ4n) is 2.97. The molecule has 0 radical (unpaired) electrons. The molecule has 1 aliphatic rings. The Bertz CT molecular complexity index is 707. The number of benzene rings is 2. The molecule has 126 valence electrons. The molecule has 1 heterocycles. The lowest BCUT2D eigenvalue weighted by molar-refractivity contribution is -0.918. The average Bonchev–Trinajstić information content (AvgIpc) is 2.59. The number of nitrogens with zero attached hydrogens (tertiary/aromatic N) is 2. The van der Waals surface area contributed by atoms with Crippen molar-refractivity contribution in [1.29, 1.82) is 0 Å². The van der Waals surface area contributed by atoms with Crippen molar-refractivity contribution >= 4 is 17.3 Å². The third-order valence-corrected chi connectivity index (χ3v) is 4.79. The van der Waals surface area contributed by atoms with Crippen LogP contribution < -0.4 is 4.90 Å². The number of phenols is 1. The second-order valence-electron chi connectivity index (χ2n) is 6.20. The third-order valence-electron chi connectivity index (χ3n) is 4.42. The molecule has 1 fully saturated rings. The highest BCUT2D eigenvalue weighted by atomic mass is 35.5. The summed E-state index contributed by atoms with van der Waals surface area (Å²) >= 11 is 6.26. The van der Waals surface area contributed by atoms with Crippen molar-refractivity contribution in [3.05, 3.63) is 64.7 Å². The maximum Gasteiger partial charge on any atom is 0.115 e. The van der Waals surface area contributed by atoms with E-state index in [1.165, 1.54) is 10.5 Å². The zero-order valence-corrected chi connectivity index (χ0v) is 14.6. The van der Waals surface area contributed by atoms with Gasteiger partial charge in [-0.2, -0.15) is 5.10 Å². The fourth-order valence-corrected chi connectivity index (χ4v) is 3.17. The Balaban J connectivity index is 1.56. The lowest BCUT2D eigenvalue weighted by atomic mass is 10.1. The summed E-state index contributed by atoms with van der Waals surface area (Å²) in [5, 5.41) is 17.1. The molecule has 24 heavy (non-hydrogen) atoms. The lowest BCUT2D eigenvalue weighted by Gasteiger charge is -2.31. The van der Waals surface area contributed by atoms with Crippen molar-refractivity contribution in [3.8, 4) is 5.75 Å². The van der Waals surface area contributed by atoms with E-state index in [1.807, 2.05) is 37.3 Å². The molecule has 1 aliphatic heterocycles. The van der Waals surface area contributed by atoms with Crippen molar-refractivity contribution in [2.75, 3.05) is 26.2 Å². The number of hydrogen-bond donors (Lipinski definition) is 2. The maximum absolute atomic E-state index is 9.37. The number of quaternary nitrogens is 1. The molecular weight excluding hydrogens is 322 g/mol. The van der Waals surface area contributed by atoms with Gasteiger partial charge in [-0.15, -0.1) is 0 Å². The molecule has 3 rings (SSSR count). The lowest BCUT2D eigenvalue weighted by Crippen LogP contribution is -3.13. The number of nitrogens with one attached hydrogen (secondary N) is 1. The molecule has 2 aromatic rings. The second-order valence-corrected chi connectivity index (χ2v) is 6.61. The van der Waals surface area contributed by atoms with Gasteiger partial charge in [0, 0.05) is 10.6 Å². The van der Waals surface area contributed by atoms with Crippen LogP contribution in [0.5, 0.6) is 5.75 Å². The highest BCUT2D eigenvalue weighted by Gasteiger charge is 2.20. The average molecular weight is 345 g/mol. The van der Waals surface area contributed by atoms with E-state index in [0.717, 1.165) is 49.0 Å². The molecule has 0 atom stereocenters. The van der Waals surface area contributed by atoms with Gasteiger partial charge in [0.2, 0.25) is 0 Å². The van der Waals surface area contributed by atoms with Gasteiger partial charge in [-0.05, 0) is 42.8 Å². The summed E-state index contributed by atoms with van der Waals surface area (Å²) in [7, 11) is 0. The number of hydrazone groups is 1. The SMILES string of the molecule is C/C(=N\N1CC[NH+](Cc2ccccc2Cl)CC1)c1ccc(O)cc1. The molecule has 0 saturated carbocycles.